The van der Waals surface area contributed by atoms with E-state index in [2.05, 4.69) is 52.7 Å². The first-order chi connectivity index (χ1) is 49.5. The van der Waals surface area contributed by atoms with E-state index in [1.165, 1.54) is 135 Å². The molecule has 6 N–H and O–H groups in total. The topological polar surface area (TPSA) is 228 Å². The van der Waals surface area contributed by atoms with Crippen LogP contribution in [0.5, 0.6) is 0 Å². The molecule has 18 nitrogen and oxygen atoms in total. The van der Waals surface area contributed by atoms with Crippen LogP contribution in [0.15, 0.2) is 91.0 Å². The number of fused-ring (bicyclic) bond motifs is 3. The maximum atomic E-state index is 14.7. The molecule has 0 aliphatic carbocycles. The molecule has 0 unspecified atom stereocenters. The Kier molecular flexibility index (Phi) is 35.6. The van der Waals surface area contributed by atoms with Crippen LogP contribution >= 0.6 is 0 Å². The zero-order valence-electron chi connectivity index (χ0n) is 63.7. The zero-order chi connectivity index (χ0) is 73.0. The molecule has 558 valence electrons. The minimum absolute atomic E-state index is 0.185. The summed E-state index contributed by atoms with van der Waals surface area (Å²) >= 11 is 0. The molecule has 0 saturated heterocycles. The molecule has 18 heteroatoms. The van der Waals surface area contributed by atoms with Crippen LogP contribution < -0.4 is 31.9 Å². The van der Waals surface area contributed by atoms with Crippen molar-refractivity contribution in [1.29, 1.82) is 0 Å². The Hall–Kier alpha value is -7.89. The molecule has 0 aliphatic heterocycles. The van der Waals surface area contributed by atoms with Crippen molar-refractivity contribution >= 4 is 68.5 Å². The summed E-state index contributed by atoms with van der Waals surface area (Å²) in [5.41, 5.74) is 5.69. The van der Waals surface area contributed by atoms with E-state index in [9.17, 15) is 28.8 Å². The van der Waals surface area contributed by atoms with Gasteiger partial charge in [-0.1, -0.05) is 272 Å². The predicted octanol–water partition coefficient (Wildman–Crippen LogP) is 17.3. The van der Waals surface area contributed by atoms with Crippen molar-refractivity contribution < 1.29 is 28.8 Å². The number of para-hydroxylation sites is 6. The highest BCUT2D eigenvalue weighted by atomic mass is 16.2. The van der Waals surface area contributed by atoms with Crippen molar-refractivity contribution in [2.24, 2.45) is 17.8 Å². The SMILES string of the molecule is CCCCCCCCCCCCNC(=O)[C@@H](NC(=O)Cn1c(-c2cc(-c3nc4ccccc4n3CC(=O)N[C@H](C(=O)NCCCCCCCCCCCC)C(C)C)cc(-c3nc4ccccc4n3CC(=O)N[C@H](C(=O)NCCCCCCCCCCCC)C(C)C)c2)nc2ccccc21)C(C)C. The molecular formula is C84H126N12O6. The van der Waals surface area contributed by atoms with Gasteiger partial charge in [0.15, 0.2) is 0 Å². The van der Waals surface area contributed by atoms with Gasteiger partial charge in [-0.25, -0.2) is 15.0 Å². The van der Waals surface area contributed by atoms with Crippen molar-refractivity contribution in [3.8, 4) is 34.2 Å². The van der Waals surface area contributed by atoms with Crippen LogP contribution in [0.2, 0.25) is 0 Å². The molecule has 0 saturated carbocycles. The largest absolute Gasteiger partial charge is 0.354 e. The number of benzene rings is 4. The average Bonchev–Trinajstić information content (AvgIpc) is 1.59. The minimum atomic E-state index is -0.789. The number of carbonyl (C=O) groups excluding carboxylic acids is 6. The molecule has 4 aromatic carbocycles. The molecular weight excluding hydrogens is 1270 g/mol. The van der Waals surface area contributed by atoms with Gasteiger partial charge in [0.1, 0.15) is 55.2 Å². The highest BCUT2D eigenvalue weighted by Gasteiger charge is 2.30. The first-order valence-electron chi connectivity index (χ1n) is 39.8. The quantitative estimate of drug-likeness (QED) is 0.0199. The number of imidazole rings is 3. The van der Waals surface area contributed by atoms with E-state index in [0.717, 1.165) is 57.8 Å². The Morgan fingerprint density at radius 1 is 0.314 bits per heavy atom. The van der Waals surface area contributed by atoms with Crippen LogP contribution in [-0.2, 0) is 48.4 Å². The molecule has 0 aliphatic rings. The molecule has 0 bridgehead atoms. The fourth-order valence-corrected chi connectivity index (χ4v) is 13.9. The molecule has 0 fully saturated rings. The number of amides is 6. The van der Waals surface area contributed by atoms with E-state index in [-0.39, 0.29) is 72.8 Å². The number of carbonyl (C=O) groups is 6. The first-order valence-corrected chi connectivity index (χ1v) is 39.8. The second-order valence-electron chi connectivity index (χ2n) is 29.6. The van der Waals surface area contributed by atoms with Gasteiger partial charge in [0.2, 0.25) is 35.4 Å². The van der Waals surface area contributed by atoms with Gasteiger partial charge in [0.25, 0.3) is 0 Å². The molecule has 0 spiro atoms. The summed E-state index contributed by atoms with van der Waals surface area (Å²) < 4.78 is 5.59. The lowest BCUT2D eigenvalue weighted by Crippen LogP contribution is -2.50. The van der Waals surface area contributed by atoms with Crippen LogP contribution in [-0.4, -0.2) is 102 Å². The van der Waals surface area contributed by atoms with Crippen molar-refractivity contribution in [1.82, 2.24) is 60.6 Å². The van der Waals surface area contributed by atoms with Crippen LogP contribution in [0.3, 0.4) is 0 Å². The molecule has 7 aromatic rings. The van der Waals surface area contributed by atoms with Gasteiger partial charge in [-0.2, -0.15) is 0 Å². The number of unbranched alkanes of at least 4 members (excludes halogenated alkanes) is 27. The second-order valence-corrected chi connectivity index (χ2v) is 29.6. The fraction of sp³-hybridized carbons (Fsp3) is 0.607. The standard InChI is InChI=1S/C84H126N12O6/c1-10-13-16-19-22-25-28-31-34-43-52-85-82(100)76(61(4)5)91-73(97)58-94-70-49-40-37-46-67(70)88-79(94)64-55-65(80-89-68-47-38-41-50-71(68)95(80)59-74(98)92-77(62(6)7)83(101)86-53-44-35-32-29-26-23-20-17-14-11-2)57-66(56-64)81-90-69-48-39-42-51-72(69)96(81)60-75(99)93-78(63(8)9)84(102)87-54-45-36-33-30-27-24-21-18-15-12-3/h37-42,46-51,55-57,61-63,76-78H,10-36,43-45,52-54,58-60H2,1-9H3,(H,85,100)(H,86,101)(H,87,102)(H,91,97)(H,92,98)(H,93,99)/t76-,77-,78-/m0/s1. The average molecular weight is 1400 g/mol. The molecule has 3 aromatic heterocycles. The Morgan fingerprint density at radius 3 is 0.755 bits per heavy atom. The van der Waals surface area contributed by atoms with Crippen molar-refractivity contribution in [3.05, 3.63) is 91.0 Å². The molecule has 0 radical (unpaired) electrons. The van der Waals surface area contributed by atoms with Crippen molar-refractivity contribution in [3.63, 3.8) is 0 Å². The van der Waals surface area contributed by atoms with E-state index in [1.807, 2.05) is 146 Å². The Labute approximate surface area is 610 Å². The van der Waals surface area contributed by atoms with Gasteiger partial charge in [-0.05, 0) is 91.6 Å². The third-order valence-electron chi connectivity index (χ3n) is 19.9. The maximum Gasteiger partial charge on any atom is 0.242 e. The van der Waals surface area contributed by atoms with E-state index in [4.69, 9.17) is 15.0 Å². The molecule has 3 atom stereocenters. The summed E-state index contributed by atoms with van der Waals surface area (Å²) in [7, 11) is 0. The van der Waals surface area contributed by atoms with Crippen molar-refractivity contribution in [2.75, 3.05) is 19.6 Å². The van der Waals surface area contributed by atoms with Crippen LogP contribution in [0, 0.1) is 17.8 Å². The zero-order valence-corrected chi connectivity index (χ0v) is 63.7. The first kappa shape index (κ1) is 81.4. The van der Waals surface area contributed by atoms with Gasteiger partial charge in [0, 0.05) is 36.3 Å². The highest BCUT2D eigenvalue weighted by molar-refractivity contribution is 5.94. The summed E-state index contributed by atoms with van der Waals surface area (Å²) in [6, 6.07) is 26.4. The molecule has 102 heavy (non-hydrogen) atoms. The summed E-state index contributed by atoms with van der Waals surface area (Å²) in [5, 5.41) is 18.7. The number of aromatic nitrogens is 6. The van der Waals surface area contributed by atoms with E-state index >= 15 is 0 Å². The third-order valence-corrected chi connectivity index (χ3v) is 19.9. The third kappa shape index (κ3) is 25.8. The number of nitrogens with one attached hydrogen (secondary N) is 6. The monoisotopic (exact) mass is 1400 g/mol. The lowest BCUT2D eigenvalue weighted by Gasteiger charge is -2.23. The normalized spacial score (nSPS) is 12.6. The molecule has 7 rings (SSSR count). The van der Waals surface area contributed by atoms with Crippen LogP contribution in [0.4, 0.5) is 0 Å². The number of hydrogen-bond acceptors (Lipinski definition) is 9. The smallest absolute Gasteiger partial charge is 0.242 e. The van der Waals surface area contributed by atoms with Crippen LogP contribution in [0.25, 0.3) is 67.3 Å². The van der Waals surface area contributed by atoms with Gasteiger partial charge < -0.3 is 45.6 Å². The Balaban J connectivity index is 1.20. The number of nitrogens with zero attached hydrogens (tertiary/aromatic N) is 6. The number of hydrogen-bond donors (Lipinski definition) is 6. The summed E-state index contributed by atoms with van der Waals surface area (Å²) in [6.07, 6.45) is 35.7. The van der Waals surface area contributed by atoms with Gasteiger partial charge in [0.05, 0.1) is 33.1 Å². The number of rotatable bonds is 51. The fourth-order valence-electron chi connectivity index (χ4n) is 13.9. The summed E-state index contributed by atoms with van der Waals surface area (Å²) in [5.74, 6) is -1.08. The van der Waals surface area contributed by atoms with E-state index in [0.29, 0.717) is 86.9 Å². The Bertz CT molecular complexity index is 3310. The molecule has 3 heterocycles. The maximum absolute atomic E-state index is 14.7. The van der Waals surface area contributed by atoms with Crippen LogP contribution in [0.1, 0.15) is 255 Å². The van der Waals surface area contributed by atoms with E-state index < -0.39 is 18.1 Å². The second kappa shape index (κ2) is 44.6. The lowest BCUT2D eigenvalue weighted by atomic mass is 10.0. The predicted molar refractivity (Wildman–Crippen MR) is 417 cm³/mol. The Morgan fingerprint density at radius 2 is 0.529 bits per heavy atom. The summed E-state index contributed by atoms with van der Waals surface area (Å²) in [4.78, 5) is 102. The highest BCUT2D eigenvalue weighted by Crippen LogP contribution is 2.37. The lowest BCUT2D eigenvalue weighted by molar-refractivity contribution is -0.130. The van der Waals surface area contributed by atoms with Gasteiger partial charge in [-0.3, -0.25) is 28.8 Å². The van der Waals surface area contributed by atoms with Gasteiger partial charge >= 0.3 is 0 Å². The van der Waals surface area contributed by atoms with E-state index in [1.54, 1.807) is 0 Å². The van der Waals surface area contributed by atoms with Crippen molar-refractivity contribution in [2.45, 2.75) is 293 Å². The molecule has 6 amide bonds. The van der Waals surface area contributed by atoms with Gasteiger partial charge in [-0.15, -0.1) is 0 Å². The minimum Gasteiger partial charge on any atom is -0.354 e. The summed E-state index contributed by atoms with van der Waals surface area (Å²) in [6.45, 7) is 19.4.